The number of benzene rings is 1. The topological polar surface area (TPSA) is 20.2 Å². The lowest BCUT2D eigenvalue weighted by Gasteiger charge is -2.33. The molecule has 0 aliphatic heterocycles. The van der Waals surface area contributed by atoms with Crippen LogP contribution in [0, 0.1) is 19.8 Å². The van der Waals surface area contributed by atoms with Crippen LogP contribution in [0.3, 0.4) is 0 Å². The molecule has 1 rings (SSSR count). The molecule has 0 aliphatic rings. The fourth-order valence-electron chi connectivity index (χ4n) is 2.11. The molecule has 1 heteroatoms. The molecule has 0 radical (unpaired) electrons. The summed E-state index contributed by atoms with van der Waals surface area (Å²) in [5.41, 5.74) is 2.79. The van der Waals surface area contributed by atoms with Crippen LogP contribution in [0.15, 0.2) is 18.2 Å². The van der Waals surface area contributed by atoms with Crippen LogP contribution in [0.25, 0.3) is 0 Å². The van der Waals surface area contributed by atoms with Crippen molar-refractivity contribution in [2.24, 2.45) is 5.92 Å². The van der Waals surface area contributed by atoms with Gasteiger partial charge in [-0.2, -0.15) is 0 Å². The van der Waals surface area contributed by atoms with Gasteiger partial charge in [-0.05, 0) is 37.3 Å². The quantitative estimate of drug-likeness (QED) is 0.801. The minimum absolute atomic E-state index is 0.239. The van der Waals surface area contributed by atoms with Crippen LogP contribution in [-0.4, -0.2) is 5.11 Å². The highest BCUT2D eigenvalue weighted by molar-refractivity contribution is 5.35. The molecule has 0 heterocycles. The molecule has 0 bridgehead atoms. The van der Waals surface area contributed by atoms with Crippen molar-refractivity contribution in [3.8, 4) is 0 Å². The van der Waals surface area contributed by atoms with Crippen molar-refractivity contribution in [3.63, 3.8) is 0 Å². The Morgan fingerprint density at radius 1 is 1.27 bits per heavy atom. The lowest BCUT2D eigenvalue weighted by molar-refractivity contribution is -0.0146. The van der Waals surface area contributed by atoms with E-state index in [1.54, 1.807) is 0 Å². The molecule has 1 atom stereocenters. The van der Waals surface area contributed by atoms with Crippen LogP contribution in [0.4, 0.5) is 0 Å². The highest BCUT2D eigenvalue weighted by Crippen LogP contribution is 2.35. The summed E-state index contributed by atoms with van der Waals surface area (Å²) in [7, 11) is 0. The number of hydrogen-bond acceptors (Lipinski definition) is 1. The van der Waals surface area contributed by atoms with Gasteiger partial charge in [0.15, 0.2) is 0 Å². The Morgan fingerprint density at radius 3 is 2.33 bits per heavy atom. The molecular formula is C14H22O. The Balaban J connectivity index is 3.29. The summed E-state index contributed by atoms with van der Waals surface area (Å²) in [6.45, 7) is 10.3. The SMILES string of the molecule is CCC(O)(c1cc(C)ccc1C)C(C)C. The van der Waals surface area contributed by atoms with E-state index in [4.69, 9.17) is 0 Å². The van der Waals surface area contributed by atoms with Crippen LogP contribution in [0.2, 0.25) is 0 Å². The maximum atomic E-state index is 10.7. The van der Waals surface area contributed by atoms with Gasteiger partial charge in [0.2, 0.25) is 0 Å². The van der Waals surface area contributed by atoms with Gasteiger partial charge in [-0.25, -0.2) is 0 Å². The van der Waals surface area contributed by atoms with Crippen molar-refractivity contribution in [2.75, 3.05) is 0 Å². The van der Waals surface area contributed by atoms with Gasteiger partial charge in [0, 0.05) is 0 Å². The van der Waals surface area contributed by atoms with Crippen molar-refractivity contribution < 1.29 is 5.11 Å². The third-order valence-electron chi connectivity index (χ3n) is 3.35. The molecule has 1 N–H and O–H groups in total. The molecule has 1 aromatic carbocycles. The lowest BCUT2D eigenvalue weighted by atomic mass is 9.79. The molecule has 0 fully saturated rings. The van der Waals surface area contributed by atoms with Crippen LogP contribution < -0.4 is 0 Å². The smallest absolute Gasteiger partial charge is 0.0919 e. The fourth-order valence-corrected chi connectivity index (χ4v) is 2.11. The molecule has 1 nitrogen and oxygen atoms in total. The molecular weight excluding hydrogens is 184 g/mol. The van der Waals surface area contributed by atoms with E-state index >= 15 is 0 Å². The molecule has 0 aromatic heterocycles. The minimum atomic E-state index is -0.684. The monoisotopic (exact) mass is 206 g/mol. The number of aryl methyl sites for hydroxylation is 2. The maximum Gasteiger partial charge on any atom is 0.0919 e. The zero-order chi connectivity index (χ0) is 11.6. The number of hydrogen-bond donors (Lipinski definition) is 1. The van der Waals surface area contributed by atoms with E-state index in [0.717, 1.165) is 12.0 Å². The third kappa shape index (κ3) is 2.23. The van der Waals surface area contributed by atoms with E-state index in [0.29, 0.717) is 0 Å². The number of rotatable bonds is 3. The van der Waals surface area contributed by atoms with Crippen molar-refractivity contribution in [2.45, 2.75) is 46.6 Å². The Hall–Kier alpha value is -0.820. The molecule has 15 heavy (non-hydrogen) atoms. The zero-order valence-corrected chi connectivity index (χ0v) is 10.5. The van der Waals surface area contributed by atoms with E-state index in [2.05, 4.69) is 45.9 Å². The summed E-state index contributed by atoms with van der Waals surface area (Å²) < 4.78 is 0. The average Bonchev–Trinajstić information content (AvgIpc) is 2.20. The van der Waals surface area contributed by atoms with E-state index in [1.165, 1.54) is 11.1 Å². The van der Waals surface area contributed by atoms with Crippen molar-refractivity contribution >= 4 is 0 Å². The molecule has 84 valence electrons. The van der Waals surface area contributed by atoms with Gasteiger partial charge >= 0.3 is 0 Å². The molecule has 1 aromatic rings. The van der Waals surface area contributed by atoms with Gasteiger partial charge in [0.25, 0.3) is 0 Å². The van der Waals surface area contributed by atoms with Gasteiger partial charge in [-0.3, -0.25) is 0 Å². The number of aliphatic hydroxyl groups is 1. The first-order valence-corrected chi connectivity index (χ1v) is 5.72. The molecule has 0 spiro atoms. The second-order valence-electron chi connectivity index (χ2n) is 4.75. The standard InChI is InChI=1S/C14H22O/c1-6-14(15,10(2)3)13-9-11(4)7-8-12(13)5/h7-10,15H,6H2,1-5H3. The molecule has 0 saturated carbocycles. The lowest BCUT2D eigenvalue weighted by Crippen LogP contribution is -2.32. The van der Waals surface area contributed by atoms with Gasteiger partial charge in [-0.1, -0.05) is 44.5 Å². The van der Waals surface area contributed by atoms with Gasteiger partial charge in [0.05, 0.1) is 5.60 Å². The van der Waals surface area contributed by atoms with Crippen LogP contribution in [0.1, 0.15) is 43.9 Å². The summed E-state index contributed by atoms with van der Waals surface area (Å²) in [4.78, 5) is 0. The molecule has 0 aliphatic carbocycles. The summed E-state index contributed by atoms with van der Waals surface area (Å²) in [6, 6.07) is 6.29. The van der Waals surface area contributed by atoms with Crippen molar-refractivity contribution in [3.05, 3.63) is 34.9 Å². The average molecular weight is 206 g/mol. The second-order valence-corrected chi connectivity index (χ2v) is 4.75. The first-order chi connectivity index (χ1) is 6.91. The molecule has 1 unspecified atom stereocenters. The highest BCUT2D eigenvalue weighted by Gasteiger charge is 2.32. The van der Waals surface area contributed by atoms with Gasteiger partial charge in [0.1, 0.15) is 0 Å². The van der Waals surface area contributed by atoms with Crippen LogP contribution >= 0.6 is 0 Å². The van der Waals surface area contributed by atoms with Crippen molar-refractivity contribution in [1.29, 1.82) is 0 Å². The molecule has 0 saturated heterocycles. The highest BCUT2D eigenvalue weighted by atomic mass is 16.3. The van der Waals surface area contributed by atoms with Gasteiger partial charge < -0.3 is 5.11 Å². The maximum absolute atomic E-state index is 10.7. The van der Waals surface area contributed by atoms with Crippen LogP contribution in [-0.2, 0) is 5.60 Å². The fraction of sp³-hybridized carbons (Fsp3) is 0.571. The van der Waals surface area contributed by atoms with E-state index in [1.807, 2.05) is 6.92 Å². The van der Waals surface area contributed by atoms with E-state index in [9.17, 15) is 5.11 Å². The Morgan fingerprint density at radius 2 is 1.87 bits per heavy atom. The minimum Gasteiger partial charge on any atom is -0.385 e. The van der Waals surface area contributed by atoms with E-state index < -0.39 is 5.60 Å². The second kappa shape index (κ2) is 4.36. The Labute approximate surface area is 93.1 Å². The predicted octanol–water partition coefficient (Wildman–Crippen LogP) is 3.56. The Bertz CT molecular complexity index is 341. The summed E-state index contributed by atoms with van der Waals surface area (Å²) in [5.74, 6) is 0.239. The van der Waals surface area contributed by atoms with E-state index in [-0.39, 0.29) is 5.92 Å². The summed E-state index contributed by atoms with van der Waals surface area (Å²) >= 11 is 0. The largest absolute Gasteiger partial charge is 0.385 e. The first-order valence-electron chi connectivity index (χ1n) is 5.72. The predicted molar refractivity (Wildman–Crippen MR) is 64.9 cm³/mol. The van der Waals surface area contributed by atoms with Gasteiger partial charge in [-0.15, -0.1) is 0 Å². The third-order valence-corrected chi connectivity index (χ3v) is 3.35. The first kappa shape index (κ1) is 12.3. The van der Waals surface area contributed by atoms with Crippen LogP contribution in [0.5, 0.6) is 0 Å². The summed E-state index contributed by atoms with van der Waals surface area (Å²) in [5, 5.41) is 10.7. The Kier molecular flexibility index (Phi) is 3.56. The normalized spacial score (nSPS) is 15.4. The molecule has 0 amide bonds. The zero-order valence-electron chi connectivity index (χ0n) is 10.5. The van der Waals surface area contributed by atoms with Crippen molar-refractivity contribution in [1.82, 2.24) is 0 Å². The summed E-state index contributed by atoms with van der Waals surface area (Å²) in [6.07, 6.45) is 0.759.